The summed E-state index contributed by atoms with van der Waals surface area (Å²) in [6.07, 6.45) is 1.87. The van der Waals surface area contributed by atoms with E-state index in [1.54, 1.807) is 12.1 Å². The summed E-state index contributed by atoms with van der Waals surface area (Å²) in [6, 6.07) is 11.6. The minimum Gasteiger partial charge on any atom is -0.321 e. The van der Waals surface area contributed by atoms with Gasteiger partial charge in [0.25, 0.3) is 5.91 Å². The van der Waals surface area contributed by atoms with Crippen LogP contribution in [-0.2, 0) is 9.84 Å². The lowest BCUT2D eigenvalue weighted by molar-refractivity contribution is 0.102. The van der Waals surface area contributed by atoms with Gasteiger partial charge in [-0.05, 0) is 42.7 Å². The summed E-state index contributed by atoms with van der Waals surface area (Å²) in [5.74, 6) is -3.94. The lowest BCUT2D eigenvalue weighted by Crippen LogP contribution is -2.14. The summed E-state index contributed by atoms with van der Waals surface area (Å²) < 4.78 is 47.6. The first kappa shape index (κ1) is 17.4. The van der Waals surface area contributed by atoms with Gasteiger partial charge in [0.05, 0.1) is 10.6 Å². The highest BCUT2D eigenvalue weighted by Gasteiger charge is 2.26. The third kappa shape index (κ3) is 3.89. The number of thioether (sulfide) groups is 1. The molecule has 4 nitrogen and oxygen atoms in total. The highest BCUT2D eigenvalue weighted by molar-refractivity contribution is 7.98. The highest BCUT2D eigenvalue weighted by atomic mass is 32.2. The molecule has 0 spiro atoms. The molecule has 1 amide bonds. The molecular formula is C15H13F2NO3S2. The molecule has 0 heterocycles. The molecule has 2 aromatic rings. The van der Waals surface area contributed by atoms with Crippen LogP contribution in [0.4, 0.5) is 14.5 Å². The zero-order chi connectivity index (χ0) is 17.0. The molecule has 0 bridgehead atoms. The first-order valence-electron chi connectivity index (χ1n) is 6.42. The van der Waals surface area contributed by atoms with E-state index < -0.39 is 26.4 Å². The third-order valence-electron chi connectivity index (χ3n) is 3.03. The van der Waals surface area contributed by atoms with Crippen molar-refractivity contribution in [2.75, 3.05) is 11.6 Å². The number of sulfone groups is 1. The Labute approximate surface area is 136 Å². The molecule has 0 radical (unpaired) electrons. The van der Waals surface area contributed by atoms with E-state index in [0.717, 1.165) is 17.0 Å². The van der Waals surface area contributed by atoms with Crippen molar-refractivity contribution in [1.82, 2.24) is 0 Å². The van der Waals surface area contributed by atoms with Crippen LogP contribution in [0, 0.1) is 0 Å². The van der Waals surface area contributed by atoms with Gasteiger partial charge in [0.2, 0.25) is 9.84 Å². The Bertz CT molecular complexity index is 806. The number of hydrogen-bond donors (Lipinski definition) is 1. The van der Waals surface area contributed by atoms with Crippen LogP contribution >= 0.6 is 11.8 Å². The molecule has 0 aliphatic carbocycles. The van der Waals surface area contributed by atoms with Gasteiger partial charge in [0.15, 0.2) is 0 Å². The van der Waals surface area contributed by atoms with Gasteiger partial charge in [0, 0.05) is 10.5 Å². The average Bonchev–Trinajstić information content (AvgIpc) is 2.55. The number of amides is 1. The molecule has 2 aromatic carbocycles. The van der Waals surface area contributed by atoms with Crippen LogP contribution in [0.5, 0.6) is 0 Å². The second-order valence-electron chi connectivity index (χ2n) is 4.48. The Morgan fingerprint density at radius 3 is 2.26 bits per heavy atom. The quantitative estimate of drug-likeness (QED) is 0.830. The smallest absolute Gasteiger partial charge is 0.321 e. The molecule has 0 unspecified atom stereocenters. The lowest BCUT2D eigenvalue weighted by atomic mass is 10.2. The van der Waals surface area contributed by atoms with Crippen molar-refractivity contribution in [3.8, 4) is 0 Å². The molecule has 2 rings (SSSR count). The normalized spacial score (nSPS) is 11.5. The molecule has 0 aliphatic heterocycles. The number of rotatable bonds is 5. The van der Waals surface area contributed by atoms with Gasteiger partial charge in [-0.2, -0.15) is 8.78 Å². The number of alkyl halides is 2. The van der Waals surface area contributed by atoms with E-state index in [4.69, 9.17) is 0 Å². The maximum Gasteiger partial charge on any atom is 0.341 e. The molecule has 0 saturated heterocycles. The monoisotopic (exact) mass is 357 g/mol. The molecule has 0 fully saturated rings. The van der Waals surface area contributed by atoms with E-state index in [9.17, 15) is 22.0 Å². The fraction of sp³-hybridized carbons (Fsp3) is 0.133. The lowest BCUT2D eigenvalue weighted by Gasteiger charge is -2.09. The molecule has 0 saturated carbocycles. The number of carbonyl (C=O) groups excluding carboxylic acids is 1. The SMILES string of the molecule is CSc1ccccc1NC(=O)c1ccc(S(=O)(=O)C(F)F)cc1. The van der Waals surface area contributed by atoms with Crippen molar-refractivity contribution >= 4 is 33.2 Å². The molecule has 0 aliphatic rings. The van der Waals surface area contributed by atoms with Gasteiger partial charge in [-0.1, -0.05) is 12.1 Å². The van der Waals surface area contributed by atoms with Crippen LogP contribution in [0.3, 0.4) is 0 Å². The van der Waals surface area contributed by atoms with E-state index in [1.807, 2.05) is 18.4 Å². The van der Waals surface area contributed by atoms with Gasteiger partial charge >= 0.3 is 5.76 Å². The van der Waals surface area contributed by atoms with Crippen LogP contribution in [-0.4, -0.2) is 26.3 Å². The van der Waals surface area contributed by atoms with Gasteiger partial charge in [-0.3, -0.25) is 4.79 Å². The zero-order valence-electron chi connectivity index (χ0n) is 12.0. The predicted molar refractivity (Wildman–Crippen MR) is 85.8 cm³/mol. The molecule has 8 heteroatoms. The molecule has 23 heavy (non-hydrogen) atoms. The van der Waals surface area contributed by atoms with Crippen molar-refractivity contribution in [3.05, 3.63) is 54.1 Å². The first-order chi connectivity index (χ1) is 10.9. The van der Waals surface area contributed by atoms with Gasteiger partial charge in [0.1, 0.15) is 0 Å². The maximum atomic E-state index is 12.5. The van der Waals surface area contributed by atoms with Crippen molar-refractivity contribution in [1.29, 1.82) is 0 Å². The zero-order valence-corrected chi connectivity index (χ0v) is 13.6. The number of anilines is 1. The van der Waals surface area contributed by atoms with E-state index >= 15 is 0 Å². The summed E-state index contributed by atoms with van der Waals surface area (Å²) in [4.78, 5) is 12.5. The number of hydrogen-bond acceptors (Lipinski definition) is 4. The second kappa shape index (κ2) is 7.10. The summed E-state index contributed by atoms with van der Waals surface area (Å²) in [6.45, 7) is 0. The number of benzene rings is 2. The van der Waals surface area contributed by atoms with Crippen LogP contribution < -0.4 is 5.32 Å². The highest BCUT2D eigenvalue weighted by Crippen LogP contribution is 2.25. The second-order valence-corrected chi connectivity index (χ2v) is 7.25. The number of nitrogens with one attached hydrogen (secondary N) is 1. The topological polar surface area (TPSA) is 63.2 Å². The number of carbonyl (C=O) groups is 1. The molecule has 0 atom stereocenters. The number of halogens is 2. The predicted octanol–water partition coefficient (Wildman–Crippen LogP) is 3.66. The van der Waals surface area contributed by atoms with Crippen molar-refractivity contribution in [2.24, 2.45) is 0 Å². The Morgan fingerprint density at radius 2 is 1.70 bits per heavy atom. The Morgan fingerprint density at radius 1 is 1.09 bits per heavy atom. The average molecular weight is 357 g/mol. The molecule has 122 valence electrons. The fourth-order valence-electron chi connectivity index (χ4n) is 1.84. The van der Waals surface area contributed by atoms with Crippen LogP contribution in [0.15, 0.2) is 58.3 Å². The Balaban J connectivity index is 2.21. The summed E-state index contributed by atoms with van der Waals surface area (Å²) >= 11 is 1.46. The van der Waals surface area contributed by atoms with Crippen LogP contribution in [0.2, 0.25) is 0 Å². The van der Waals surface area contributed by atoms with Gasteiger partial charge in [-0.25, -0.2) is 8.42 Å². The van der Waals surface area contributed by atoms with E-state index in [2.05, 4.69) is 5.32 Å². The van der Waals surface area contributed by atoms with Gasteiger partial charge in [-0.15, -0.1) is 11.8 Å². The summed E-state index contributed by atoms with van der Waals surface area (Å²) in [5, 5.41) is 2.70. The van der Waals surface area contributed by atoms with Crippen molar-refractivity contribution < 1.29 is 22.0 Å². The summed E-state index contributed by atoms with van der Waals surface area (Å²) in [7, 11) is -4.66. The van der Waals surface area contributed by atoms with Gasteiger partial charge < -0.3 is 5.32 Å². The minimum absolute atomic E-state index is 0.175. The van der Waals surface area contributed by atoms with E-state index in [0.29, 0.717) is 5.69 Å². The van der Waals surface area contributed by atoms with Crippen molar-refractivity contribution in [2.45, 2.75) is 15.5 Å². The van der Waals surface area contributed by atoms with E-state index in [1.165, 1.54) is 23.9 Å². The fourth-order valence-corrected chi connectivity index (χ4v) is 3.12. The van der Waals surface area contributed by atoms with Crippen molar-refractivity contribution in [3.63, 3.8) is 0 Å². The standard InChI is InChI=1S/C15H13F2NO3S2/c1-22-13-5-3-2-4-12(13)18-14(19)10-6-8-11(9-7-10)23(20,21)15(16)17/h2-9,15H,1H3,(H,18,19). The molecular weight excluding hydrogens is 344 g/mol. The summed E-state index contributed by atoms with van der Waals surface area (Å²) in [5.41, 5.74) is 0.795. The first-order valence-corrected chi connectivity index (χ1v) is 9.20. The molecule has 0 aromatic heterocycles. The Kier molecular flexibility index (Phi) is 5.38. The van der Waals surface area contributed by atoms with E-state index in [-0.39, 0.29) is 5.56 Å². The number of para-hydroxylation sites is 1. The minimum atomic E-state index is -4.66. The Hall–Kier alpha value is -1.93. The van der Waals surface area contributed by atoms with Crippen LogP contribution in [0.25, 0.3) is 0 Å². The largest absolute Gasteiger partial charge is 0.341 e. The molecule has 1 N–H and O–H groups in total. The third-order valence-corrected chi connectivity index (χ3v) is 5.23. The van der Waals surface area contributed by atoms with Crippen LogP contribution in [0.1, 0.15) is 10.4 Å². The maximum absolute atomic E-state index is 12.5.